The Labute approximate surface area is 165 Å². The summed E-state index contributed by atoms with van der Waals surface area (Å²) < 4.78 is 5.76. The second-order valence-electron chi connectivity index (χ2n) is 6.54. The van der Waals surface area contributed by atoms with Gasteiger partial charge in [0, 0.05) is 24.3 Å². The van der Waals surface area contributed by atoms with Crippen LogP contribution in [-0.4, -0.2) is 43.2 Å². The number of urea groups is 2. The summed E-state index contributed by atoms with van der Waals surface area (Å²) in [5.41, 5.74) is 2.72. The Morgan fingerprint density at radius 3 is 2.71 bits per heavy atom. The van der Waals surface area contributed by atoms with Crippen molar-refractivity contribution in [3.8, 4) is 5.75 Å². The van der Waals surface area contributed by atoms with E-state index < -0.39 is 0 Å². The first-order chi connectivity index (χ1) is 13.7. The molecule has 1 aliphatic heterocycles. The van der Waals surface area contributed by atoms with Gasteiger partial charge in [-0.1, -0.05) is 30.3 Å². The van der Waals surface area contributed by atoms with Crippen molar-refractivity contribution >= 4 is 17.7 Å². The Morgan fingerprint density at radius 1 is 1.11 bits per heavy atom. The summed E-state index contributed by atoms with van der Waals surface area (Å²) in [6.45, 7) is 4.35. The third-order valence-corrected chi connectivity index (χ3v) is 4.46. The Bertz CT molecular complexity index is 811. The molecule has 1 aliphatic rings. The van der Waals surface area contributed by atoms with Gasteiger partial charge in [0.15, 0.2) is 0 Å². The molecule has 7 nitrogen and oxygen atoms in total. The zero-order valence-corrected chi connectivity index (χ0v) is 16.0. The topological polar surface area (TPSA) is 82.7 Å². The molecule has 0 spiro atoms. The molecular weight excluding hydrogens is 356 g/mol. The van der Waals surface area contributed by atoms with Crippen molar-refractivity contribution in [3.05, 3.63) is 59.7 Å². The van der Waals surface area contributed by atoms with Gasteiger partial charge in [0.05, 0.1) is 13.1 Å². The predicted octanol–water partition coefficient (Wildman–Crippen LogP) is 2.97. The Balaban J connectivity index is 1.59. The molecule has 4 amide bonds. The molecule has 148 valence electrons. The van der Waals surface area contributed by atoms with Crippen molar-refractivity contribution in [3.63, 3.8) is 0 Å². The maximum Gasteiger partial charge on any atom is 0.319 e. The molecule has 0 saturated heterocycles. The fourth-order valence-electron chi connectivity index (χ4n) is 3.05. The van der Waals surface area contributed by atoms with Gasteiger partial charge >= 0.3 is 12.1 Å². The third kappa shape index (κ3) is 5.39. The minimum atomic E-state index is -0.257. The van der Waals surface area contributed by atoms with Crippen LogP contribution >= 0.6 is 0 Å². The van der Waals surface area contributed by atoms with Crippen LogP contribution in [0.25, 0.3) is 0 Å². The summed E-state index contributed by atoms with van der Waals surface area (Å²) >= 11 is 0. The number of rotatable bonds is 5. The number of hydrogen-bond acceptors (Lipinski definition) is 3. The van der Waals surface area contributed by atoms with Crippen LogP contribution in [0.3, 0.4) is 0 Å². The van der Waals surface area contributed by atoms with E-state index in [4.69, 9.17) is 4.74 Å². The predicted molar refractivity (Wildman–Crippen MR) is 109 cm³/mol. The van der Waals surface area contributed by atoms with Crippen LogP contribution in [0.4, 0.5) is 15.3 Å². The van der Waals surface area contributed by atoms with E-state index >= 15 is 0 Å². The maximum atomic E-state index is 12.6. The average Bonchev–Trinajstić information content (AvgIpc) is 2.91. The SMILES string of the molecule is CCNC(=O)Nc1ccc2c(c1)CN(C(=O)NCCc1ccccc1)CCO2. The lowest BCUT2D eigenvalue weighted by Gasteiger charge is -2.20. The zero-order chi connectivity index (χ0) is 19.8. The van der Waals surface area contributed by atoms with Gasteiger partial charge < -0.3 is 25.6 Å². The van der Waals surface area contributed by atoms with Crippen molar-refractivity contribution in [1.82, 2.24) is 15.5 Å². The molecule has 2 aromatic carbocycles. The molecule has 2 aromatic rings. The number of nitrogens with zero attached hydrogens (tertiary/aromatic N) is 1. The Hall–Kier alpha value is -3.22. The van der Waals surface area contributed by atoms with E-state index in [0.29, 0.717) is 38.5 Å². The van der Waals surface area contributed by atoms with Gasteiger partial charge in [0.25, 0.3) is 0 Å². The summed E-state index contributed by atoms with van der Waals surface area (Å²) in [6.07, 6.45) is 0.786. The molecule has 7 heteroatoms. The Morgan fingerprint density at radius 2 is 1.93 bits per heavy atom. The van der Waals surface area contributed by atoms with Crippen molar-refractivity contribution in [2.45, 2.75) is 19.9 Å². The molecule has 3 N–H and O–H groups in total. The van der Waals surface area contributed by atoms with Crippen LogP contribution < -0.4 is 20.7 Å². The number of nitrogens with one attached hydrogen (secondary N) is 3. The molecule has 0 unspecified atom stereocenters. The maximum absolute atomic E-state index is 12.6. The van der Waals surface area contributed by atoms with Gasteiger partial charge in [0.1, 0.15) is 12.4 Å². The van der Waals surface area contributed by atoms with Crippen molar-refractivity contribution in [1.29, 1.82) is 0 Å². The highest BCUT2D eigenvalue weighted by molar-refractivity contribution is 5.89. The molecule has 0 fully saturated rings. The number of ether oxygens (including phenoxy) is 1. The third-order valence-electron chi connectivity index (χ3n) is 4.46. The molecule has 0 aromatic heterocycles. The minimum absolute atomic E-state index is 0.116. The summed E-state index contributed by atoms with van der Waals surface area (Å²) in [7, 11) is 0. The molecular formula is C21H26N4O3. The molecule has 0 bridgehead atoms. The molecule has 0 atom stereocenters. The first kappa shape index (κ1) is 19.5. The molecule has 0 saturated carbocycles. The standard InChI is InChI=1S/C21H26N4O3/c1-2-22-20(26)24-18-8-9-19-17(14-18)15-25(12-13-28-19)21(27)23-11-10-16-6-4-3-5-7-16/h3-9,14H,2,10-13,15H2,1H3,(H,23,27)(H2,22,24,26). The van der Waals surface area contributed by atoms with Crippen molar-refractivity contribution in [2.24, 2.45) is 0 Å². The summed E-state index contributed by atoms with van der Waals surface area (Å²) in [5.74, 6) is 0.737. The first-order valence-corrected chi connectivity index (χ1v) is 9.53. The molecule has 3 rings (SSSR count). The largest absolute Gasteiger partial charge is 0.491 e. The van der Waals surface area contributed by atoms with Crippen LogP contribution in [0.1, 0.15) is 18.1 Å². The van der Waals surface area contributed by atoms with E-state index in [1.807, 2.05) is 49.4 Å². The smallest absolute Gasteiger partial charge is 0.319 e. The van der Waals surface area contributed by atoms with Crippen LogP contribution in [0, 0.1) is 0 Å². The number of anilines is 1. The molecule has 0 aliphatic carbocycles. The van der Waals surface area contributed by atoms with Gasteiger partial charge in [-0.3, -0.25) is 0 Å². The summed E-state index contributed by atoms with van der Waals surface area (Å²) in [5, 5.41) is 8.45. The van der Waals surface area contributed by atoms with Crippen molar-refractivity contribution in [2.75, 3.05) is 31.6 Å². The number of fused-ring (bicyclic) bond motifs is 1. The minimum Gasteiger partial charge on any atom is -0.491 e. The monoisotopic (exact) mass is 382 g/mol. The Kier molecular flexibility index (Phi) is 6.73. The molecule has 28 heavy (non-hydrogen) atoms. The van der Waals surface area contributed by atoms with E-state index in [9.17, 15) is 9.59 Å². The average molecular weight is 382 g/mol. The summed E-state index contributed by atoms with van der Waals surface area (Å²) in [6, 6.07) is 15.2. The van der Waals surface area contributed by atoms with E-state index in [2.05, 4.69) is 16.0 Å². The number of carbonyl (C=O) groups excluding carboxylic acids is 2. The van der Waals surface area contributed by atoms with Crippen LogP contribution in [0.2, 0.25) is 0 Å². The lowest BCUT2D eigenvalue weighted by molar-refractivity contribution is 0.188. The number of hydrogen-bond donors (Lipinski definition) is 3. The second kappa shape index (κ2) is 9.64. The van der Waals surface area contributed by atoms with E-state index in [0.717, 1.165) is 17.7 Å². The number of carbonyl (C=O) groups is 2. The van der Waals surface area contributed by atoms with Gasteiger partial charge in [-0.2, -0.15) is 0 Å². The van der Waals surface area contributed by atoms with Gasteiger partial charge in [-0.15, -0.1) is 0 Å². The van der Waals surface area contributed by atoms with Crippen LogP contribution in [0.5, 0.6) is 5.75 Å². The quantitative estimate of drug-likeness (QED) is 0.743. The lowest BCUT2D eigenvalue weighted by atomic mass is 10.1. The fourth-order valence-corrected chi connectivity index (χ4v) is 3.05. The van der Waals surface area contributed by atoms with E-state index in [1.54, 1.807) is 11.0 Å². The van der Waals surface area contributed by atoms with E-state index in [1.165, 1.54) is 5.56 Å². The fraction of sp³-hybridized carbons (Fsp3) is 0.333. The second-order valence-corrected chi connectivity index (χ2v) is 6.54. The van der Waals surface area contributed by atoms with E-state index in [-0.39, 0.29) is 12.1 Å². The van der Waals surface area contributed by atoms with Gasteiger partial charge in [-0.05, 0) is 37.1 Å². The van der Waals surface area contributed by atoms with Crippen LogP contribution in [0.15, 0.2) is 48.5 Å². The van der Waals surface area contributed by atoms with Crippen molar-refractivity contribution < 1.29 is 14.3 Å². The number of benzene rings is 2. The van der Waals surface area contributed by atoms with Crippen LogP contribution in [-0.2, 0) is 13.0 Å². The highest BCUT2D eigenvalue weighted by Gasteiger charge is 2.20. The highest BCUT2D eigenvalue weighted by Crippen LogP contribution is 2.26. The van der Waals surface area contributed by atoms with Gasteiger partial charge in [0.2, 0.25) is 0 Å². The zero-order valence-electron chi connectivity index (χ0n) is 16.0. The van der Waals surface area contributed by atoms with Gasteiger partial charge in [-0.25, -0.2) is 9.59 Å². The molecule has 0 radical (unpaired) electrons. The summed E-state index contributed by atoms with van der Waals surface area (Å²) in [4.78, 5) is 26.0. The molecule has 1 heterocycles. The first-order valence-electron chi connectivity index (χ1n) is 9.53. The highest BCUT2D eigenvalue weighted by atomic mass is 16.5. The lowest BCUT2D eigenvalue weighted by Crippen LogP contribution is -2.41. The number of amides is 4. The normalized spacial score (nSPS) is 13.0.